The molecule has 1 fully saturated rings. The molecule has 2 aromatic carbocycles. The molecule has 1 aliphatic rings. The molecule has 27 heavy (non-hydrogen) atoms. The van der Waals surface area contributed by atoms with Crippen LogP contribution in [0.1, 0.15) is 49.8 Å². The van der Waals surface area contributed by atoms with Crippen LogP contribution in [0.15, 0.2) is 54.6 Å². The van der Waals surface area contributed by atoms with Gasteiger partial charge in [-0.3, -0.25) is 4.79 Å². The zero-order valence-corrected chi connectivity index (χ0v) is 16.4. The van der Waals surface area contributed by atoms with Crippen LogP contribution in [0.3, 0.4) is 0 Å². The zero-order chi connectivity index (χ0) is 19.1. The lowest BCUT2D eigenvalue weighted by Gasteiger charge is -2.29. The molecule has 3 N–H and O–H groups in total. The molecule has 1 amide bonds. The van der Waals surface area contributed by atoms with Gasteiger partial charge in [-0.05, 0) is 43.0 Å². The number of nitrogens with one attached hydrogen (secondary N) is 1. The number of amides is 1. The number of hydrogen-bond donors (Lipinski definition) is 2. The van der Waals surface area contributed by atoms with Crippen LogP contribution in [0.4, 0.5) is 0 Å². The van der Waals surface area contributed by atoms with Crippen molar-refractivity contribution in [3.8, 4) is 5.75 Å². The number of hydrogen-bond acceptors (Lipinski definition) is 2. The number of carbonyl (C=O) groups excluding carboxylic acids is 1. The predicted octanol–water partition coefficient (Wildman–Crippen LogP) is 3.04. The van der Waals surface area contributed by atoms with E-state index >= 15 is 0 Å². The Bertz CT molecular complexity index is 715. The highest BCUT2D eigenvalue weighted by Crippen LogP contribution is 2.24. The van der Waals surface area contributed by atoms with Crippen LogP contribution >= 0.6 is 0 Å². The lowest BCUT2D eigenvalue weighted by Crippen LogP contribution is -2.88. The van der Waals surface area contributed by atoms with Crippen molar-refractivity contribution in [3.05, 3.63) is 65.7 Å². The van der Waals surface area contributed by atoms with E-state index in [0.29, 0.717) is 18.5 Å². The van der Waals surface area contributed by atoms with E-state index in [0.717, 1.165) is 12.2 Å². The van der Waals surface area contributed by atoms with Crippen molar-refractivity contribution < 1.29 is 14.8 Å². The maximum atomic E-state index is 12.6. The minimum atomic E-state index is 0.0895. The molecule has 3 rings (SSSR count). The van der Waals surface area contributed by atoms with Gasteiger partial charge < -0.3 is 15.4 Å². The second kappa shape index (κ2) is 9.56. The van der Waals surface area contributed by atoms with Crippen molar-refractivity contribution in [1.82, 2.24) is 5.32 Å². The van der Waals surface area contributed by atoms with Crippen molar-refractivity contribution in [2.24, 2.45) is 5.92 Å². The molecule has 0 saturated heterocycles. The SMILES string of the molecule is COc1ccc([C@@H]([NH2+]CC(=O)N[C@@H]2CCCC[C@H]2C)c2ccccc2)cc1. The minimum Gasteiger partial charge on any atom is -0.497 e. The maximum Gasteiger partial charge on any atom is 0.275 e. The average Bonchev–Trinajstić information content (AvgIpc) is 2.71. The summed E-state index contributed by atoms with van der Waals surface area (Å²) in [5, 5.41) is 5.38. The van der Waals surface area contributed by atoms with Crippen molar-refractivity contribution in [2.75, 3.05) is 13.7 Å². The highest BCUT2D eigenvalue weighted by molar-refractivity contribution is 5.77. The quantitative estimate of drug-likeness (QED) is 0.790. The Hall–Kier alpha value is -2.33. The fourth-order valence-electron chi connectivity index (χ4n) is 3.96. The summed E-state index contributed by atoms with van der Waals surface area (Å²) in [7, 11) is 1.67. The lowest BCUT2D eigenvalue weighted by atomic mass is 9.86. The van der Waals surface area contributed by atoms with Gasteiger partial charge in [0.15, 0.2) is 6.54 Å². The second-order valence-corrected chi connectivity index (χ2v) is 7.54. The third kappa shape index (κ3) is 5.33. The first-order chi connectivity index (χ1) is 13.2. The second-order valence-electron chi connectivity index (χ2n) is 7.54. The smallest absolute Gasteiger partial charge is 0.275 e. The van der Waals surface area contributed by atoms with Gasteiger partial charge in [-0.15, -0.1) is 0 Å². The molecular weight excluding hydrogens is 336 g/mol. The molecule has 2 aromatic rings. The van der Waals surface area contributed by atoms with Crippen LogP contribution in [0.5, 0.6) is 5.75 Å². The topological polar surface area (TPSA) is 54.9 Å². The van der Waals surface area contributed by atoms with Gasteiger partial charge in [0, 0.05) is 17.2 Å². The van der Waals surface area contributed by atoms with E-state index in [-0.39, 0.29) is 11.9 Å². The Morgan fingerprint density at radius 2 is 1.74 bits per heavy atom. The largest absolute Gasteiger partial charge is 0.497 e. The Kier molecular flexibility index (Phi) is 6.88. The maximum absolute atomic E-state index is 12.6. The summed E-state index contributed by atoms with van der Waals surface area (Å²) in [4.78, 5) is 12.6. The van der Waals surface area contributed by atoms with Crippen molar-refractivity contribution in [2.45, 2.75) is 44.7 Å². The number of rotatable bonds is 7. The molecule has 0 aliphatic heterocycles. The summed E-state index contributed by atoms with van der Waals surface area (Å²) in [6, 6.07) is 18.9. The van der Waals surface area contributed by atoms with Crippen molar-refractivity contribution >= 4 is 5.91 Å². The van der Waals surface area contributed by atoms with E-state index in [4.69, 9.17) is 4.74 Å². The Balaban J connectivity index is 1.67. The molecule has 0 spiro atoms. The van der Waals surface area contributed by atoms with E-state index < -0.39 is 0 Å². The standard InChI is InChI=1S/C23H30N2O2/c1-17-8-6-7-11-21(17)25-22(26)16-24-23(18-9-4-3-5-10-18)19-12-14-20(27-2)15-13-19/h3-5,9-10,12-15,17,21,23-24H,6-8,11,16H2,1-2H3,(H,25,26)/p+1/t17-,21-,23+/m1/s1. The van der Waals surface area contributed by atoms with Crippen molar-refractivity contribution in [1.29, 1.82) is 0 Å². The molecule has 144 valence electrons. The first kappa shape index (κ1) is 19.4. The number of ether oxygens (including phenoxy) is 1. The summed E-state index contributed by atoms with van der Waals surface area (Å²) in [6.07, 6.45) is 4.82. The third-order valence-corrected chi connectivity index (χ3v) is 5.63. The first-order valence-corrected chi connectivity index (χ1v) is 9.99. The summed E-state index contributed by atoms with van der Waals surface area (Å²) in [6.45, 7) is 2.67. The van der Waals surface area contributed by atoms with Crippen LogP contribution < -0.4 is 15.4 Å². The fourth-order valence-corrected chi connectivity index (χ4v) is 3.96. The summed E-state index contributed by atoms with van der Waals surface area (Å²) in [5.41, 5.74) is 2.36. The first-order valence-electron chi connectivity index (χ1n) is 9.99. The van der Waals surface area contributed by atoms with Crippen LogP contribution in [-0.4, -0.2) is 25.6 Å². The third-order valence-electron chi connectivity index (χ3n) is 5.63. The number of nitrogens with two attached hydrogens (primary N) is 1. The molecule has 4 nitrogen and oxygen atoms in total. The predicted molar refractivity (Wildman–Crippen MR) is 108 cm³/mol. The zero-order valence-electron chi connectivity index (χ0n) is 16.4. The fraction of sp³-hybridized carbons (Fsp3) is 0.435. The number of benzene rings is 2. The van der Waals surface area contributed by atoms with Crippen LogP contribution in [0.25, 0.3) is 0 Å². The van der Waals surface area contributed by atoms with Crippen LogP contribution in [0.2, 0.25) is 0 Å². The van der Waals surface area contributed by atoms with Crippen LogP contribution in [0, 0.1) is 5.92 Å². The van der Waals surface area contributed by atoms with Crippen molar-refractivity contribution in [3.63, 3.8) is 0 Å². The van der Waals surface area contributed by atoms with E-state index in [1.165, 1.54) is 30.4 Å². The number of quaternary nitrogens is 1. The molecule has 0 aromatic heterocycles. The highest BCUT2D eigenvalue weighted by atomic mass is 16.5. The van der Waals surface area contributed by atoms with E-state index in [1.54, 1.807) is 7.11 Å². The molecule has 0 heterocycles. The van der Waals surface area contributed by atoms with Gasteiger partial charge in [0.05, 0.1) is 7.11 Å². The van der Waals surface area contributed by atoms with E-state index in [9.17, 15) is 4.79 Å². The van der Waals surface area contributed by atoms with E-state index in [1.807, 2.05) is 30.3 Å². The normalized spacial score (nSPS) is 20.7. The Morgan fingerprint density at radius 3 is 2.41 bits per heavy atom. The van der Waals surface area contributed by atoms with Gasteiger partial charge in [0.25, 0.3) is 5.91 Å². The average molecular weight is 368 g/mol. The summed E-state index contributed by atoms with van der Waals surface area (Å²) in [5.74, 6) is 1.55. The van der Waals surface area contributed by atoms with E-state index in [2.05, 4.69) is 41.8 Å². The highest BCUT2D eigenvalue weighted by Gasteiger charge is 2.24. The summed E-state index contributed by atoms with van der Waals surface area (Å²) < 4.78 is 5.27. The molecule has 4 heteroatoms. The van der Waals surface area contributed by atoms with Gasteiger partial charge in [-0.2, -0.15) is 0 Å². The number of carbonyl (C=O) groups is 1. The Labute approximate surface area is 162 Å². The monoisotopic (exact) mass is 367 g/mol. The molecule has 1 aliphatic carbocycles. The van der Waals surface area contributed by atoms with Gasteiger partial charge in [0.2, 0.25) is 0 Å². The lowest BCUT2D eigenvalue weighted by molar-refractivity contribution is -0.676. The van der Waals surface area contributed by atoms with Gasteiger partial charge in [-0.25, -0.2) is 0 Å². The van der Waals surface area contributed by atoms with Gasteiger partial charge in [-0.1, -0.05) is 50.1 Å². The molecule has 1 saturated carbocycles. The molecular formula is C23H31N2O2+. The molecule has 0 unspecified atom stereocenters. The minimum absolute atomic E-state index is 0.0895. The molecule has 3 atom stereocenters. The Morgan fingerprint density at radius 1 is 1.07 bits per heavy atom. The summed E-state index contributed by atoms with van der Waals surface area (Å²) >= 11 is 0. The molecule has 0 bridgehead atoms. The van der Waals surface area contributed by atoms with Gasteiger partial charge >= 0.3 is 0 Å². The van der Waals surface area contributed by atoms with Gasteiger partial charge in [0.1, 0.15) is 11.8 Å². The number of methoxy groups -OCH3 is 1. The molecule has 0 radical (unpaired) electrons. The van der Waals surface area contributed by atoms with Crippen LogP contribution in [-0.2, 0) is 4.79 Å².